The van der Waals surface area contributed by atoms with Gasteiger partial charge in [0.25, 0.3) is 0 Å². The predicted molar refractivity (Wildman–Crippen MR) is 76.0 cm³/mol. The van der Waals surface area contributed by atoms with E-state index in [9.17, 15) is 4.79 Å². The van der Waals surface area contributed by atoms with Crippen molar-refractivity contribution in [2.75, 3.05) is 12.4 Å². The summed E-state index contributed by atoms with van der Waals surface area (Å²) < 4.78 is 5.13. The first kappa shape index (κ1) is 14.2. The van der Waals surface area contributed by atoms with Gasteiger partial charge in [-0.05, 0) is 19.1 Å². The summed E-state index contributed by atoms with van der Waals surface area (Å²) in [7, 11) is 1.55. The lowest BCUT2D eigenvalue weighted by atomic mass is 10.2. The third-order valence-electron chi connectivity index (χ3n) is 2.24. The monoisotopic (exact) mass is 267 g/mol. The van der Waals surface area contributed by atoms with Crippen molar-refractivity contribution in [2.24, 2.45) is 5.73 Å². The van der Waals surface area contributed by atoms with Crippen LogP contribution in [0.15, 0.2) is 24.3 Å². The smallest absolute Gasteiger partial charge is 0.319 e. The fourth-order valence-corrected chi connectivity index (χ4v) is 1.73. The van der Waals surface area contributed by atoms with Gasteiger partial charge in [0.15, 0.2) is 0 Å². The predicted octanol–water partition coefficient (Wildman–Crippen LogP) is 1.88. The van der Waals surface area contributed by atoms with Crippen LogP contribution in [0.3, 0.4) is 0 Å². The number of carbonyl (C=O) groups excluding carboxylic acids is 1. The average Bonchev–Trinajstić information content (AvgIpc) is 2.28. The summed E-state index contributed by atoms with van der Waals surface area (Å²) >= 11 is 4.78. The highest BCUT2D eigenvalue weighted by atomic mass is 32.1. The van der Waals surface area contributed by atoms with E-state index in [4.69, 9.17) is 22.7 Å². The van der Waals surface area contributed by atoms with Gasteiger partial charge in [-0.3, -0.25) is 0 Å². The number of urea groups is 1. The maximum absolute atomic E-state index is 11.7. The van der Waals surface area contributed by atoms with Crippen molar-refractivity contribution in [1.82, 2.24) is 5.32 Å². The normalized spacial score (nSPS) is 11.4. The van der Waals surface area contributed by atoms with Gasteiger partial charge in [-0.15, -0.1) is 0 Å². The fourth-order valence-electron chi connectivity index (χ4n) is 1.48. The van der Waals surface area contributed by atoms with E-state index in [0.29, 0.717) is 22.8 Å². The first-order valence-corrected chi connectivity index (χ1v) is 5.92. The second-order valence-corrected chi connectivity index (χ2v) is 4.39. The van der Waals surface area contributed by atoms with Gasteiger partial charge >= 0.3 is 6.03 Å². The molecule has 0 fully saturated rings. The zero-order valence-electron chi connectivity index (χ0n) is 10.4. The largest absolute Gasteiger partial charge is 0.495 e. The standard InChI is InChI=1S/C12H17N3O2S/c1-8(7-11(13)18)14-12(16)15-9-5-3-4-6-10(9)17-2/h3-6,8H,7H2,1-2H3,(H2,13,18)(H2,14,15,16). The van der Waals surface area contributed by atoms with E-state index in [0.717, 1.165) is 0 Å². The van der Waals surface area contributed by atoms with Gasteiger partial charge in [-0.1, -0.05) is 24.4 Å². The molecule has 0 saturated heterocycles. The molecule has 98 valence electrons. The number of carbonyl (C=O) groups is 1. The van der Waals surface area contributed by atoms with Gasteiger partial charge in [0.05, 0.1) is 17.8 Å². The van der Waals surface area contributed by atoms with E-state index < -0.39 is 0 Å². The van der Waals surface area contributed by atoms with Crippen LogP contribution >= 0.6 is 12.2 Å². The maximum Gasteiger partial charge on any atom is 0.319 e. The molecule has 6 heteroatoms. The van der Waals surface area contributed by atoms with Crippen LogP contribution in [0, 0.1) is 0 Å². The summed E-state index contributed by atoms with van der Waals surface area (Å²) in [6, 6.07) is 6.75. The zero-order chi connectivity index (χ0) is 13.5. The third kappa shape index (κ3) is 4.58. The second-order valence-electron chi connectivity index (χ2n) is 3.87. The summed E-state index contributed by atoms with van der Waals surface area (Å²) in [6.07, 6.45) is 0.467. The van der Waals surface area contributed by atoms with Crippen molar-refractivity contribution in [3.8, 4) is 5.75 Å². The van der Waals surface area contributed by atoms with Crippen molar-refractivity contribution >= 4 is 28.9 Å². The summed E-state index contributed by atoms with van der Waals surface area (Å²) in [5.41, 5.74) is 6.02. The molecule has 18 heavy (non-hydrogen) atoms. The Bertz CT molecular complexity index is 437. The molecule has 0 aromatic heterocycles. The number of methoxy groups -OCH3 is 1. The van der Waals surface area contributed by atoms with Crippen LogP contribution in [0.5, 0.6) is 5.75 Å². The number of hydrogen-bond acceptors (Lipinski definition) is 3. The molecule has 1 aromatic carbocycles. The topological polar surface area (TPSA) is 76.4 Å². The molecular weight excluding hydrogens is 250 g/mol. The van der Waals surface area contributed by atoms with Gasteiger partial charge in [0.2, 0.25) is 0 Å². The number of amides is 2. The molecule has 4 N–H and O–H groups in total. The van der Waals surface area contributed by atoms with Crippen LogP contribution in [0.2, 0.25) is 0 Å². The number of para-hydroxylation sites is 2. The molecule has 0 bridgehead atoms. The highest BCUT2D eigenvalue weighted by Crippen LogP contribution is 2.22. The van der Waals surface area contributed by atoms with Gasteiger partial charge in [-0.25, -0.2) is 4.79 Å². The Labute approximate surface area is 112 Å². The lowest BCUT2D eigenvalue weighted by Gasteiger charge is -2.15. The molecular formula is C12H17N3O2S. The zero-order valence-corrected chi connectivity index (χ0v) is 11.2. The molecule has 0 spiro atoms. The fraction of sp³-hybridized carbons (Fsp3) is 0.333. The molecule has 1 atom stereocenters. The number of anilines is 1. The number of hydrogen-bond donors (Lipinski definition) is 3. The molecule has 0 aliphatic carbocycles. The maximum atomic E-state index is 11.7. The minimum atomic E-state index is -0.316. The van der Waals surface area contributed by atoms with Gasteiger partial charge < -0.3 is 21.1 Å². The molecule has 1 aromatic rings. The Hall–Kier alpha value is -1.82. The lowest BCUT2D eigenvalue weighted by Crippen LogP contribution is -2.38. The molecule has 2 amide bonds. The van der Waals surface area contributed by atoms with E-state index in [1.54, 1.807) is 19.2 Å². The van der Waals surface area contributed by atoms with Gasteiger partial charge in [0.1, 0.15) is 5.75 Å². The summed E-state index contributed by atoms with van der Waals surface area (Å²) in [6.45, 7) is 1.83. The Kier molecular flexibility index (Phi) is 5.38. The lowest BCUT2D eigenvalue weighted by molar-refractivity contribution is 0.249. The van der Waals surface area contributed by atoms with Crippen molar-refractivity contribution in [3.63, 3.8) is 0 Å². The van der Waals surface area contributed by atoms with Crippen LogP contribution in [0.25, 0.3) is 0 Å². The molecule has 0 aliphatic rings. The highest BCUT2D eigenvalue weighted by molar-refractivity contribution is 7.80. The van der Waals surface area contributed by atoms with E-state index in [2.05, 4.69) is 10.6 Å². The quantitative estimate of drug-likeness (QED) is 0.712. The van der Waals surface area contributed by atoms with Crippen molar-refractivity contribution in [2.45, 2.75) is 19.4 Å². The van der Waals surface area contributed by atoms with Crippen LogP contribution in [0.1, 0.15) is 13.3 Å². The van der Waals surface area contributed by atoms with E-state index in [1.165, 1.54) is 0 Å². The van der Waals surface area contributed by atoms with Crippen LogP contribution in [-0.4, -0.2) is 24.2 Å². The van der Waals surface area contributed by atoms with Crippen molar-refractivity contribution in [1.29, 1.82) is 0 Å². The average molecular weight is 267 g/mol. The molecule has 0 radical (unpaired) electrons. The van der Waals surface area contributed by atoms with Crippen LogP contribution in [0.4, 0.5) is 10.5 Å². The summed E-state index contributed by atoms with van der Waals surface area (Å²) in [5, 5.41) is 5.44. The molecule has 5 nitrogen and oxygen atoms in total. The molecule has 0 heterocycles. The Morgan fingerprint density at radius 2 is 2.17 bits per heavy atom. The van der Waals surface area contributed by atoms with E-state index in [1.807, 2.05) is 19.1 Å². The summed E-state index contributed by atoms with van der Waals surface area (Å²) in [5.74, 6) is 0.606. The van der Waals surface area contributed by atoms with Crippen molar-refractivity contribution < 1.29 is 9.53 Å². The Morgan fingerprint density at radius 1 is 1.50 bits per heavy atom. The van der Waals surface area contributed by atoms with Gasteiger partial charge in [0, 0.05) is 12.5 Å². The minimum absolute atomic E-state index is 0.114. The first-order valence-electron chi connectivity index (χ1n) is 5.51. The second kappa shape index (κ2) is 6.80. The molecule has 1 rings (SSSR count). The first-order chi connectivity index (χ1) is 8.52. The third-order valence-corrected chi connectivity index (χ3v) is 2.41. The highest BCUT2D eigenvalue weighted by Gasteiger charge is 2.10. The number of rotatable bonds is 5. The Morgan fingerprint density at radius 3 is 2.78 bits per heavy atom. The van der Waals surface area contributed by atoms with E-state index >= 15 is 0 Å². The number of benzene rings is 1. The molecule has 1 unspecified atom stereocenters. The number of ether oxygens (including phenoxy) is 1. The van der Waals surface area contributed by atoms with E-state index in [-0.39, 0.29) is 12.1 Å². The molecule has 0 aliphatic heterocycles. The number of thiocarbonyl (C=S) groups is 1. The van der Waals surface area contributed by atoms with Crippen LogP contribution in [-0.2, 0) is 0 Å². The SMILES string of the molecule is COc1ccccc1NC(=O)NC(C)CC(N)=S. The van der Waals surface area contributed by atoms with Crippen molar-refractivity contribution in [3.05, 3.63) is 24.3 Å². The summed E-state index contributed by atoms with van der Waals surface area (Å²) in [4.78, 5) is 12.1. The van der Waals surface area contributed by atoms with Crippen LogP contribution < -0.4 is 21.1 Å². The van der Waals surface area contributed by atoms with Gasteiger partial charge in [-0.2, -0.15) is 0 Å². The molecule has 0 saturated carbocycles. The minimum Gasteiger partial charge on any atom is -0.495 e. The Balaban J connectivity index is 2.56. The number of nitrogens with one attached hydrogen (secondary N) is 2. The number of nitrogens with two attached hydrogens (primary N) is 1.